The lowest BCUT2D eigenvalue weighted by molar-refractivity contribution is 0.0208. The molecule has 0 aliphatic heterocycles. The summed E-state index contributed by atoms with van der Waals surface area (Å²) in [6, 6.07) is 5.37. The number of aliphatic hydroxyl groups is 1. The Balaban J connectivity index is 1.99. The molecule has 0 radical (unpaired) electrons. The highest BCUT2D eigenvalue weighted by atomic mass is 19.1. The van der Waals surface area contributed by atoms with E-state index in [0.717, 1.165) is 31.4 Å². The van der Waals surface area contributed by atoms with Crippen LogP contribution < -0.4 is 0 Å². The van der Waals surface area contributed by atoms with Crippen molar-refractivity contribution in [2.45, 2.75) is 31.8 Å². The van der Waals surface area contributed by atoms with E-state index in [-0.39, 0.29) is 11.5 Å². The van der Waals surface area contributed by atoms with Gasteiger partial charge in [-0.3, -0.25) is 0 Å². The van der Waals surface area contributed by atoms with Crippen LogP contribution in [0.4, 0.5) is 8.78 Å². The van der Waals surface area contributed by atoms with Gasteiger partial charge >= 0.3 is 0 Å². The number of nitrogens with zero attached hydrogens (tertiary/aromatic N) is 1. The quantitative estimate of drug-likeness (QED) is 0.889. The summed E-state index contributed by atoms with van der Waals surface area (Å²) in [4.78, 5) is 0. The monoisotopic (exact) mass is 263 g/mol. The molecule has 19 heavy (non-hydrogen) atoms. The Bertz CT molecular complexity index is 554. The number of fused-ring (bicyclic) bond motifs is 2. The third kappa shape index (κ3) is 1.76. The summed E-state index contributed by atoms with van der Waals surface area (Å²) in [5.41, 5.74) is -0.864. The Labute approximate surface area is 110 Å². The van der Waals surface area contributed by atoms with Gasteiger partial charge in [0.25, 0.3) is 0 Å². The van der Waals surface area contributed by atoms with Crippen LogP contribution in [0, 0.1) is 40.2 Å². The van der Waals surface area contributed by atoms with E-state index in [0.29, 0.717) is 12.3 Å². The summed E-state index contributed by atoms with van der Waals surface area (Å²) in [6.45, 7) is 0. The van der Waals surface area contributed by atoms with Crippen LogP contribution in [-0.2, 0) is 0 Å². The number of benzene rings is 1. The van der Waals surface area contributed by atoms with Crippen molar-refractivity contribution in [1.82, 2.24) is 0 Å². The molecular formula is C15H15F2NO. The van der Waals surface area contributed by atoms with E-state index in [9.17, 15) is 19.1 Å². The zero-order valence-corrected chi connectivity index (χ0v) is 10.4. The Morgan fingerprint density at radius 1 is 1.37 bits per heavy atom. The van der Waals surface area contributed by atoms with Gasteiger partial charge in [0.15, 0.2) is 0 Å². The second kappa shape index (κ2) is 4.28. The molecule has 4 heteroatoms. The molecule has 1 N–H and O–H groups in total. The maximum absolute atomic E-state index is 13.8. The first kappa shape index (κ1) is 12.6. The molecule has 3 rings (SSSR count). The Morgan fingerprint density at radius 3 is 2.68 bits per heavy atom. The van der Waals surface area contributed by atoms with E-state index in [4.69, 9.17) is 0 Å². The Kier molecular flexibility index (Phi) is 2.83. The number of nitriles is 1. The predicted octanol–water partition coefficient (Wildman–Crippen LogP) is 3.33. The molecular weight excluding hydrogens is 248 g/mol. The molecule has 0 spiro atoms. The maximum Gasteiger partial charge on any atom is 0.131 e. The highest BCUT2D eigenvalue weighted by molar-refractivity contribution is 5.28. The molecule has 1 aromatic carbocycles. The highest BCUT2D eigenvalue weighted by Crippen LogP contribution is 2.60. The van der Waals surface area contributed by atoms with Crippen molar-refractivity contribution in [3.8, 4) is 6.07 Å². The molecule has 2 aliphatic rings. The Morgan fingerprint density at radius 2 is 2.16 bits per heavy atom. The maximum atomic E-state index is 13.8. The van der Waals surface area contributed by atoms with Crippen molar-refractivity contribution in [1.29, 1.82) is 5.26 Å². The van der Waals surface area contributed by atoms with Gasteiger partial charge < -0.3 is 5.11 Å². The highest BCUT2D eigenvalue weighted by Gasteiger charge is 2.56. The standard InChI is InChI=1S/C15H15F2NO/c16-11-3-4-12(13(17)6-11)14(19)15(8-18)7-9-1-2-10(15)5-9/h3-4,6,9-10,14,19H,1-2,5,7H2. The van der Waals surface area contributed by atoms with Gasteiger partial charge in [-0.25, -0.2) is 8.78 Å². The normalized spacial score (nSPS) is 34.2. The van der Waals surface area contributed by atoms with Crippen molar-refractivity contribution in [3.63, 3.8) is 0 Å². The zero-order chi connectivity index (χ0) is 13.6. The van der Waals surface area contributed by atoms with Gasteiger partial charge in [-0.1, -0.05) is 12.5 Å². The van der Waals surface area contributed by atoms with E-state index in [2.05, 4.69) is 6.07 Å². The number of rotatable bonds is 2. The SMILES string of the molecule is N#CC1(C(O)c2ccc(F)cc2F)CC2CCC1C2. The first-order valence-corrected chi connectivity index (χ1v) is 6.61. The van der Waals surface area contributed by atoms with Crippen LogP contribution in [0.25, 0.3) is 0 Å². The van der Waals surface area contributed by atoms with Crippen molar-refractivity contribution in [2.75, 3.05) is 0 Å². The van der Waals surface area contributed by atoms with Crippen molar-refractivity contribution < 1.29 is 13.9 Å². The average molecular weight is 263 g/mol. The molecule has 2 bridgehead atoms. The van der Waals surface area contributed by atoms with E-state index in [1.54, 1.807) is 0 Å². The van der Waals surface area contributed by atoms with Crippen LogP contribution in [0.15, 0.2) is 18.2 Å². The number of halogens is 2. The smallest absolute Gasteiger partial charge is 0.131 e. The van der Waals surface area contributed by atoms with Crippen LogP contribution in [0.1, 0.15) is 37.4 Å². The predicted molar refractivity (Wildman–Crippen MR) is 64.8 cm³/mol. The summed E-state index contributed by atoms with van der Waals surface area (Å²) in [5, 5.41) is 20.0. The van der Waals surface area contributed by atoms with E-state index < -0.39 is 23.2 Å². The van der Waals surface area contributed by atoms with Crippen molar-refractivity contribution in [2.24, 2.45) is 17.3 Å². The Hall–Kier alpha value is -1.47. The number of hydrogen-bond acceptors (Lipinski definition) is 2. The summed E-state index contributed by atoms with van der Waals surface area (Å²) in [5.74, 6) is -0.859. The van der Waals surface area contributed by atoms with Gasteiger partial charge in [0.05, 0.1) is 11.5 Å². The molecule has 4 atom stereocenters. The zero-order valence-electron chi connectivity index (χ0n) is 10.4. The van der Waals surface area contributed by atoms with Gasteiger partial charge in [0.1, 0.15) is 17.7 Å². The fourth-order valence-electron chi connectivity index (χ4n) is 3.91. The van der Waals surface area contributed by atoms with E-state index >= 15 is 0 Å². The summed E-state index contributed by atoms with van der Waals surface area (Å²) in [6.07, 6.45) is 2.39. The summed E-state index contributed by atoms with van der Waals surface area (Å²) < 4.78 is 26.7. The second-order valence-electron chi connectivity index (χ2n) is 5.80. The molecule has 0 aromatic heterocycles. The molecule has 100 valence electrons. The lowest BCUT2D eigenvalue weighted by Crippen LogP contribution is -2.33. The first-order valence-electron chi connectivity index (χ1n) is 6.61. The molecule has 2 saturated carbocycles. The molecule has 0 amide bonds. The van der Waals surface area contributed by atoms with Crippen LogP contribution in [0.5, 0.6) is 0 Å². The summed E-state index contributed by atoms with van der Waals surface area (Å²) in [7, 11) is 0. The van der Waals surface area contributed by atoms with Crippen LogP contribution in [0.3, 0.4) is 0 Å². The largest absolute Gasteiger partial charge is 0.387 e. The van der Waals surface area contributed by atoms with Gasteiger partial charge in [0, 0.05) is 11.6 Å². The molecule has 4 unspecified atom stereocenters. The minimum atomic E-state index is -1.17. The average Bonchev–Trinajstić information content (AvgIpc) is 2.98. The molecule has 2 aliphatic carbocycles. The summed E-state index contributed by atoms with van der Waals surface area (Å²) >= 11 is 0. The fourth-order valence-corrected chi connectivity index (χ4v) is 3.91. The third-order valence-electron chi connectivity index (χ3n) is 4.85. The van der Waals surface area contributed by atoms with Crippen LogP contribution in [-0.4, -0.2) is 5.11 Å². The van der Waals surface area contributed by atoms with Crippen LogP contribution >= 0.6 is 0 Å². The molecule has 1 aromatic rings. The first-order chi connectivity index (χ1) is 9.06. The number of aliphatic hydroxyl groups excluding tert-OH is 1. The second-order valence-corrected chi connectivity index (χ2v) is 5.80. The van der Waals surface area contributed by atoms with Gasteiger partial charge in [0.2, 0.25) is 0 Å². The molecule has 0 saturated heterocycles. The van der Waals surface area contributed by atoms with E-state index in [1.807, 2.05) is 0 Å². The molecule has 2 nitrogen and oxygen atoms in total. The third-order valence-corrected chi connectivity index (χ3v) is 4.85. The fraction of sp³-hybridized carbons (Fsp3) is 0.533. The lowest BCUT2D eigenvalue weighted by atomic mass is 9.68. The minimum absolute atomic E-state index is 0.0375. The van der Waals surface area contributed by atoms with Gasteiger partial charge in [-0.2, -0.15) is 5.26 Å². The molecule has 2 fully saturated rings. The van der Waals surface area contributed by atoms with Gasteiger partial charge in [-0.15, -0.1) is 0 Å². The van der Waals surface area contributed by atoms with Gasteiger partial charge in [-0.05, 0) is 37.2 Å². The number of hydrogen-bond donors (Lipinski definition) is 1. The molecule has 0 heterocycles. The van der Waals surface area contributed by atoms with Crippen molar-refractivity contribution in [3.05, 3.63) is 35.4 Å². The van der Waals surface area contributed by atoms with Crippen molar-refractivity contribution >= 4 is 0 Å². The topological polar surface area (TPSA) is 44.0 Å². The van der Waals surface area contributed by atoms with E-state index in [1.165, 1.54) is 6.07 Å². The lowest BCUT2D eigenvalue weighted by Gasteiger charge is -2.35. The van der Waals surface area contributed by atoms with Crippen LogP contribution in [0.2, 0.25) is 0 Å². The minimum Gasteiger partial charge on any atom is -0.387 e.